The van der Waals surface area contributed by atoms with Crippen molar-refractivity contribution in [1.29, 1.82) is 0 Å². The van der Waals surface area contributed by atoms with E-state index in [1.165, 1.54) is 32.2 Å². The number of carbonyl (C=O) groups excluding carboxylic acids is 1. The number of hydrogen-bond donors (Lipinski definition) is 3. The van der Waals surface area contributed by atoms with Crippen LogP contribution in [0.25, 0.3) is 0 Å². The smallest absolute Gasteiger partial charge is 0.240 e. The largest absolute Gasteiger partial charge is 0.495 e. The van der Waals surface area contributed by atoms with Crippen LogP contribution < -0.4 is 14.8 Å². The fourth-order valence-electron chi connectivity index (χ4n) is 1.63. The van der Waals surface area contributed by atoms with E-state index in [4.69, 9.17) is 9.84 Å². The lowest BCUT2D eigenvalue weighted by molar-refractivity contribution is -0.114. The lowest BCUT2D eigenvalue weighted by Gasteiger charge is -2.12. The van der Waals surface area contributed by atoms with Gasteiger partial charge in [-0.05, 0) is 31.5 Å². The van der Waals surface area contributed by atoms with Crippen LogP contribution in [0, 0.1) is 0 Å². The number of amides is 1. The summed E-state index contributed by atoms with van der Waals surface area (Å²) in [5.41, 5.74) is 0.281. The number of methoxy groups -OCH3 is 1. The minimum absolute atomic E-state index is 0.0117. The zero-order valence-corrected chi connectivity index (χ0v) is 13.0. The highest BCUT2D eigenvalue weighted by Gasteiger charge is 2.16. The number of carbonyl (C=O) groups is 1. The third kappa shape index (κ3) is 5.33. The van der Waals surface area contributed by atoms with E-state index >= 15 is 0 Å². The molecular weight excluding hydrogens is 296 g/mol. The molecule has 1 unspecified atom stereocenters. The Morgan fingerprint density at radius 3 is 2.62 bits per heavy atom. The molecule has 7 nitrogen and oxygen atoms in total. The van der Waals surface area contributed by atoms with Crippen molar-refractivity contribution in [1.82, 2.24) is 4.72 Å². The van der Waals surface area contributed by atoms with Crippen LogP contribution in [0.15, 0.2) is 23.1 Å². The molecule has 1 aromatic rings. The van der Waals surface area contributed by atoms with Gasteiger partial charge in [-0.2, -0.15) is 0 Å². The molecule has 21 heavy (non-hydrogen) atoms. The number of anilines is 1. The van der Waals surface area contributed by atoms with Gasteiger partial charge in [-0.15, -0.1) is 0 Å². The summed E-state index contributed by atoms with van der Waals surface area (Å²) in [4.78, 5) is 11.1. The molecule has 1 rings (SSSR count). The molecule has 0 fully saturated rings. The molecule has 0 aromatic heterocycles. The summed E-state index contributed by atoms with van der Waals surface area (Å²) in [7, 11) is -2.28. The first-order valence-corrected chi connectivity index (χ1v) is 7.88. The van der Waals surface area contributed by atoms with E-state index in [1.54, 1.807) is 6.92 Å². The normalized spacial score (nSPS) is 12.8. The Kier molecular flexibility index (Phi) is 6.13. The molecule has 118 valence electrons. The topological polar surface area (TPSA) is 105 Å². The molecule has 0 saturated heterocycles. The van der Waals surface area contributed by atoms with Gasteiger partial charge in [0.1, 0.15) is 5.75 Å². The van der Waals surface area contributed by atoms with Gasteiger partial charge < -0.3 is 15.2 Å². The molecule has 0 radical (unpaired) electrons. The van der Waals surface area contributed by atoms with E-state index in [1.807, 2.05) is 0 Å². The summed E-state index contributed by atoms with van der Waals surface area (Å²) in [5.74, 6) is 0.0399. The number of aliphatic hydroxyl groups is 1. The quantitative estimate of drug-likeness (QED) is 0.687. The first-order valence-electron chi connectivity index (χ1n) is 6.39. The Labute approximate surface area is 124 Å². The second kappa shape index (κ2) is 7.39. The number of ether oxygens (including phenoxy) is 1. The fraction of sp³-hybridized carbons (Fsp3) is 0.462. The van der Waals surface area contributed by atoms with Gasteiger partial charge in [0.05, 0.1) is 23.8 Å². The number of rotatable bonds is 7. The van der Waals surface area contributed by atoms with Crippen molar-refractivity contribution in [3.05, 3.63) is 18.2 Å². The maximum Gasteiger partial charge on any atom is 0.240 e. The van der Waals surface area contributed by atoms with Crippen molar-refractivity contribution in [3.63, 3.8) is 0 Å². The predicted octanol–water partition coefficient (Wildman–Crippen LogP) is 0.703. The van der Waals surface area contributed by atoms with Gasteiger partial charge in [-0.25, -0.2) is 13.1 Å². The van der Waals surface area contributed by atoms with Crippen molar-refractivity contribution in [2.75, 3.05) is 19.0 Å². The summed E-state index contributed by atoms with van der Waals surface area (Å²) in [5, 5.41) is 11.6. The standard InChI is InChI=1S/C13H20N2O5S/c1-9(16)6-7-14-21(18,19)11-4-5-13(20-3)12(8-11)15-10(2)17/h4-5,8-9,14,16H,6-7H2,1-3H3,(H,15,17). The van der Waals surface area contributed by atoms with Crippen molar-refractivity contribution < 1.29 is 23.1 Å². The Bertz CT molecular complexity index is 599. The van der Waals surface area contributed by atoms with Crippen molar-refractivity contribution >= 4 is 21.6 Å². The predicted molar refractivity (Wildman–Crippen MR) is 78.8 cm³/mol. The van der Waals surface area contributed by atoms with E-state index in [2.05, 4.69) is 10.0 Å². The van der Waals surface area contributed by atoms with Crippen molar-refractivity contribution in [2.24, 2.45) is 0 Å². The summed E-state index contributed by atoms with van der Waals surface area (Å²) >= 11 is 0. The highest BCUT2D eigenvalue weighted by molar-refractivity contribution is 7.89. The van der Waals surface area contributed by atoms with Gasteiger partial charge >= 0.3 is 0 Å². The van der Waals surface area contributed by atoms with Crippen LogP contribution in [-0.4, -0.2) is 39.2 Å². The van der Waals surface area contributed by atoms with Crippen LogP contribution in [0.3, 0.4) is 0 Å². The molecule has 1 aromatic carbocycles. The molecule has 0 heterocycles. The summed E-state index contributed by atoms with van der Waals surface area (Å²) in [6.07, 6.45) is -0.271. The van der Waals surface area contributed by atoms with Crippen LogP contribution in [0.4, 0.5) is 5.69 Å². The third-order valence-electron chi connectivity index (χ3n) is 2.65. The van der Waals surface area contributed by atoms with Gasteiger partial charge in [-0.3, -0.25) is 4.79 Å². The van der Waals surface area contributed by atoms with Crippen LogP contribution in [0.1, 0.15) is 20.3 Å². The number of aliphatic hydroxyl groups excluding tert-OH is 1. The van der Waals surface area contributed by atoms with Gasteiger partial charge in [0, 0.05) is 13.5 Å². The van der Waals surface area contributed by atoms with Crippen molar-refractivity contribution in [3.8, 4) is 5.75 Å². The van der Waals surface area contributed by atoms with Gasteiger partial charge in [0.25, 0.3) is 0 Å². The van der Waals surface area contributed by atoms with Gasteiger partial charge in [0.2, 0.25) is 15.9 Å². The number of nitrogens with one attached hydrogen (secondary N) is 2. The summed E-state index contributed by atoms with van der Waals surface area (Å²) < 4.78 is 31.7. The van der Waals surface area contributed by atoms with Crippen molar-refractivity contribution in [2.45, 2.75) is 31.3 Å². The molecule has 0 saturated carbocycles. The lowest BCUT2D eigenvalue weighted by atomic mass is 10.3. The number of hydrogen-bond acceptors (Lipinski definition) is 5. The van der Waals surface area contributed by atoms with E-state index in [0.717, 1.165) is 0 Å². The molecule has 8 heteroatoms. The maximum atomic E-state index is 12.1. The van der Waals surface area contributed by atoms with Gasteiger partial charge in [-0.1, -0.05) is 0 Å². The molecule has 1 amide bonds. The second-order valence-corrected chi connectivity index (χ2v) is 6.35. The minimum atomic E-state index is -3.71. The Morgan fingerprint density at radius 1 is 1.43 bits per heavy atom. The van der Waals surface area contributed by atoms with Gasteiger partial charge in [0.15, 0.2) is 0 Å². The Morgan fingerprint density at radius 2 is 2.10 bits per heavy atom. The van der Waals surface area contributed by atoms with E-state index in [-0.39, 0.29) is 23.0 Å². The Balaban J connectivity index is 2.98. The molecule has 0 aliphatic carbocycles. The first-order chi connectivity index (χ1) is 9.76. The van der Waals surface area contributed by atoms with Crippen LogP contribution in [0.2, 0.25) is 0 Å². The third-order valence-corrected chi connectivity index (χ3v) is 4.10. The number of benzene rings is 1. The first kappa shape index (κ1) is 17.4. The Hall–Kier alpha value is -1.64. The van der Waals surface area contributed by atoms with Crippen LogP contribution in [-0.2, 0) is 14.8 Å². The SMILES string of the molecule is COc1ccc(S(=O)(=O)NCCC(C)O)cc1NC(C)=O. The number of sulfonamides is 1. The van der Waals surface area contributed by atoms with Crippen LogP contribution >= 0.6 is 0 Å². The monoisotopic (exact) mass is 316 g/mol. The highest BCUT2D eigenvalue weighted by Crippen LogP contribution is 2.27. The van der Waals surface area contributed by atoms with E-state index in [0.29, 0.717) is 12.2 Å². The second-order valence-electron chi connectivity index (χ2n) is 4.58. The molecule has 1 atom stereocenters. The average molecular weight is 316 g/mol. The highest BCUT2D eigenvalue weighted by atomic mass is 32.2. The average Bonchev–Trinajstić information content (AvgIpc) is 2.37. The minimum Gasteiger partial charge on any atom is -0.495 e. The maximum absolute atomic E-state index is 12.1. The molecule has 0 aliphatic rings. The van der Waals surface area contributed by atoms with E-state index < -0.39 is 16.1 Å². The summed E-state index contributed by atoms with van der Waals surface area (Å²) in [6, 6.07) is 4.17. The molecule has 0 spiro atoms. The molecule has 0 aliphatic heterocycles. The zero-order chi connectivity index (χ0) is 16.0. The van der Waals surface area contributed by atoms with Crippen LogP contribution in [0.5, 0.6) is 5.75 Å². The zero-order valence-electron chi connectivity index (χ0n) is 12.2. The molecular formula is C13H20N2O5S. The lowest BCUT2D eigenvalue weighted by Crippen LogP contribution is -2.26. The fourth-order valence-corrected chi connectivity index (χ4v) is 2.70. The summed E-state index contributed by atoms with van der Waals surface area (Å²) in [6.45, 7) is 3.03. The molecule has 0 bridgehead atoms. The van der Waals surface area contributed by atoms with E-state index in [9.17, 15) is 13.2 Å². The molecule has 3 N–H and O–H groups in total.